The SMILES string of the molecule is CC(=O)N(Cc1ccc2c(c1)CN(C(=O)Nc1ccc(C)cc1Cl)CCO2)c1ccc(C)cc1. The van der Waals surface area contributed by atoms with Crippen LogP contribution in [0, 0.1) is 13.8 Å². The molecule has 176 valence electrons. The van der Waals surface area contributed by atoms with Gasteiger partial charge in [-0.2, -0.15) is 0 Å². The molecule has 0 fully saturated rings. The van der Waals surface area contributed by atoms with E-state index in [1.807, 2.05) is 68.4 Å². The normalized spacial score (nSPS) is 12.9. The summed E-state index contributed by atoms with van der Waals surface area (Å²) in [6.45, 7) is 7.19. The minimum Gasteiger partial charge on any atom is -0.491 e. The summed E-state index contributed by atoms with van der Waals surface area (Å²) in [6, 6.07) is 19.1. The summed E-state index contributed by atoms with van der Waals surface area (Å²) < 4.78 is 5.90. The number of hydrogen-bond acceptors (Lipinski definition) is 3. The number of hydrogen-bond donors (Lipinski definition) is 1. The highest BCUT2D eigenvalue weighted by molar-refractivity contribution is 6.33. The number of amides is 3. The molecule has 0 radical (unpaired) electrons. The van der Waals surface area contributed by atoms with Crippen molar-refractivity contribution in [3.8, 4) is 5.75 Å². The van der Waals surface area contributed by atoms with Crippen molar-refractivity contribution in [3.05, 3.63) is 87.9 Å². The number of halogens is 1. The summed E-state index contributed by atoms with van der Waals surface area (Å²) >= 11 is 6.29. The van der Waals surface area contributed by atoms with E-state index >= 15 is 0 Å². The third kappa shape index (κ3) is 5.51. The van der Waals surface area contributed by atoms with E-state index in [0.717, 1.165) is 33.7 Å². The Morgan fingerprint density at radius 1 is 1.03 bits per heavy atom. The van der Waals surface area contributed by atoms with Gasteiger partial charge in [-0.05, 0) is 61.4 Å². The molecule has 3 aromatic carbocycles. The molecule has 1 heterocycles. The van der Waals surface area contributed by atoms with Crippen LogP contribution in [-0.4, -0.2) is 30.0 Å². The molecule has 1 N–H and O–H groups in total. The molecule has 3 amide bonds. The fourth-order valence-corrected chi connectivity index (χ4v) is 4.21. The lowest BCUT2D eigenvalue weighted by Gasteiger charge is -2.23. The van der Waals surface area contributed by atoms with Crippen LogP contribution in [0.5, 0.6) is 5.75 Å². The van der Waals surface area contributed by atoms with Crippen molar-refractivity contribution in [1.82, 2.24) is 4.90 Å². The molecule has 1 aliphatic rings. The lowest BCUT2D eigenvalue weighted by molar-refractivity contribution is -0.116. The van der Waals surface area contributed by atoms with Crippen LogP contribution in [0.4, 0.5) is 16.2 Å². The van der Waals surface area contributed by atoms with Crippen LogP contribution in [0.1, 0.15) is 29.2 Å². The van der Waals surface area contributed by atoms with Gasteiger partial charge in [-0.3, -0.25) is 4.79 Å². The predicted molar refractivity (Wildman–Crippen MR) is 136 cm³/mol. The molecule has 0 unspecified atom stereocenters. The first-order chi connectivity index (χ1) is 16.3. The van der Waals surface area contributed by atoms with Crippen LogP contribution in [0.2, 0.25) is 5.02 Å². The molecular formula is C27H28ClN3O3. The number of urea groups is 1. The van der Waals surface area contributed by atoms with Gasteiger partial charge in [0.1, 0.15) is 12.4 Å². The smallest absolute Gasteiger partial charge is 0.322 e. The Morgan fingerprint density at radius 3 is 2.47 bits per heavy atom. The van der Waals surface area contributed by atoms with E-state index in [9.17, 15) is 9.59 Å². The van der Waals surface area contributed by atoms with Crippen molar-refractivity contribution >= 4 is 34.9 Å². The minimum atomic E-state index is -0.238. The van der Waals surface area contributed by atoms with E-state index in [4.69, 9.17) is 16.3 Å². The molecule has 0 spiro atoms. The number of carbonyl (C=O) groups is 2. The zero-order valence-corrected chi connectivity index (χ0v) is 20.4. The molecule has 0 atom stereocenters. The van der Waals surface area contributed by atoms with Gasteiger partial charge in [0, 0.05) is 18.2 Å². The summed E-state index contributed by atoms with van der Waals surface area (Å²) in [5.74, 6) is 0.711. The molecule has 1 aliphatic heterocycles. The molecule has 6 nitrogen and oxygen atoms in total. The average Bonchev–Trinajstić information content (AvgIpc) is 3.02. The van der Waals surface area contributed by atoms with Crippen LogP contribution in [0.3, 0.4) is 0 Å². The van der Waals surface area contributed by atoms with Gasteiger partial charge in [-0.15, -0.1) is 0 Å². The van der Waals surface area contributed by atoms with Crippen LogP contribution in [-0.2, 0) is 17.9 Å². The summed E-state index contributed by atoms with van der Waals surface area (Å²) in [6.07, 6.45) is 0. The Morgan fingerprint density at radius 2 is 1.76 bits per heavy atom. The lowest BCUT2D eigenvalue weighted by Crippen LogP contribution is -2.36. The van der Waals surface area contributed by atoms with Gasteiger partial charge in [-0.25, -0.2) is 4.79 Å². The third-order valence-corrected chi connectivity index (χ3v) is 6.14. The number of ether oxygens (including phenoxy) is 1. The number of anilines is 2. The van der Waals surface area contributed by atoms with Crippen LogP contribution in [0.15, 0.2) is 60.7 Å². The lowest BCUT2D eigenvalue weighted by atomic mass is 10.1. The van der Waals surface area contributed by atoms with Gasteiger partial charge in [0.25, 0.3) is 0 Å². The molecule has 34 heavy (non-hydrogen) atoms. The van der Waals surface area contributed by atoms with Crippen molar-refractivity contribution in [1.29, 1.82) is 0 Å². The number of nitrogens with zero attached hydrogens (tertiary/aromatic N) is 2. The van der Waals surface area contributed by atoms with Crippen molar-refractivity contribution in [2.24, 2.45) is 0 Å². The van der Waals surface area contributed by atoms with E-state index in [1.165, 1.54) is 0 Å². The summed E-state index contributed by atoms with van der Waals surface area (Å²) in [7, 11) is 0. The van der Waals surface area contributed by atoms with Crippen molar-refractivity contribution in [2.45, 2.75) is 33.9 Å². The molecule has 0 saturated heterocycles. The van der Waals surface area contributed by atoms with Gasteiger partial charge in [0.05, 0.1) is 30.3 Å². The number of rotatable bonds is 4. The second-order valence-electron chi connectivity index (χ2n) is 8.57. The average molecular weight is 478 g/mol. The quantitative estimate of drug-likeness (QED) is 0.506. The van der Waals surface area contributed by atoms with E-state index in [1.54, 1.807) is 22.8 Å². The first-order valence-electron chi connectivity index (χ1n) is 11.2. The Labute approximate surface area is 205 Å². The molecule has 3 aromatic rings. The largest absolute Gasteiger partial charge is 0.491 e. The Balaban J connectivity index is 1.52. The van der Waals surface area contributed by atoms with Crippen molar-refractivity contribution in [3.63, 3.8) is 0 Å². The highest BCUT2D eigenvalue weighted by Crippen LogP contribution is 2.28. The van der Waals surface area contributed by atoms with E-state index < -0.39 is 0 Å². The monoisotopic (exact) mass is 477 g/mol. The van der Waals surface area contributed by atoms with Crippen LogP contribution in [0.25, 0.3) is 0 Å². The minimum absolute atomic E-state index is 0.0361. The molecule has 0 aliphatic carbocycles. The second-order valence-corrected chi connectivity index (χ2v) is 8.97. The highest BCUT2D eigenvalue weighted by atomic mass is 35.5. The molecule has 4 rings (SSSR count). The third-order valence-electron chi connectivity index (χ3n) is 5.82. The fourth-order valence-electron chi connectivity index (χ4n) is 3.93. The molecule has 0 saturated carbocycles. The predicted octanol–water partition coefficient (Wildman–Crippen LogP) is 5.94. The number of carbonyl (C=O) groups excluding carboxylic acids is 2. The van der Waals surface area contributed by atoms with E-state index in [0.29, 0.717) is 37.0 Å². The van der Waals surface area contributed by atoms with E-state index in [-0.39, 0.29) is 11.9 Å². The van der Waals surface area contributed by atoms with Gasteiger partial charge in [-0.1, -0.05) is 41.4 Å². The van der Waals surface area contributed by atoms with Crippen molar-refractivity contribution < 1.29 is 14.3 Å². The number of nitrogens with one attached hydrogen (secondary N) is 1. The Kier molecular flexibility index (Phi) is 7.08. The van der Waals surface area contributed by atoms with Crippen LogP contribution >= 0.6 is 11.6 Å². The fraction of sp³-hybridized carbons (Fsp3) is 0.259. The van der Waals surface area contributed by atoms with Crippen molar-refractivity contribution in [2.75, 3.05) is 23.4 Å². The number of fused-ring (bicyclic) bond motifs is 1. The standard InChI is InChI=1S/C27H28ClN3O3/c1-18-4-8-23(9-5-18)31(20(3)32)16-21-7-11-26-22(15-21)17-30(12-13-34-26)27(33)29-25-10-6-19(2)14-24(25)28/h4-11,14-15H,12-13,16-17H2,1-3H3,(H,29,33). The summed E-state index contributed by atoms with van der Waals surface area (Å²) in [5.41, 5.74) is 5.44. The second kappa shape index (κ2) is 10.2. The molecule has 0 bridgehead atoms. The maximum absolute atomic E-state index is 13.0. The zero-order valence-electron chi connectivity index (χ0n) is 19.6. The van der Waals surface area contributed by atoms with Crippen LogP contribution < -0.4 is 15.0 Å². The van der Waals surface area contributed by atoms with Gasteiger partial charge >= 0.3 is 6.03 Å². The number of aryl methyl sites for hydroxylation is 2. The summed E-state index contributed by atoms with van der Waals surface area (Å²) in [5, 5.41) is 3.40. The number of benzene rings is 3. The molecular weight excluding hydrogens is 450 g/mol. The van der Waals surface area contributed by atoms with E-state index in [2.05, 4.69) is 5.32 Å². The maximum atomic E-state index is 13.0. The van der Waals surface area contributed by atoms with Gasteiger partial charge in [0.2, 0.25) is 5.91 Å². The summed E-state index contributed by atoms with van der Waals surface area (Å²) in [4.78, 5) is 28.8. The van der Waals surface area contributed by atoms with Gasteiger partial charge in [0.15, 0.2) is 0 Å². The highest BCUT2D eigenvalue weighted by Gasteiger charge is 2.22. The Bertz CT molecular complexity index is 1210. The molecule has 0 aromatic heterocycles. The van der Waals surface area contributed by atoms with Gasteiger partial charge < -0.3 is 19.9 Å². The Hall–Kier alpha value is -3.51. The zero-order chi connectivity index (χ0) is 24.2. The first kappa shape index (κ1) is 23.6. The molecule has 7 heteroatoms. The first-order valence-corrected chi connectivity index (χ1v) is 11.6. The maximum Gasteiger partial charge on any atom is 0.322 e. The topological polar surface area (TPSA) is 61.9 Å².